The molecule has 0 aliphatic heterocycles. The number of aryl methyl sites for hydroxylation is 2. The molecule has 0 fully saturated rings. The summed E-state index contributed by atoms with van der Waals surface area (Å²) in [4.78, 5) is 22.8. The molecule has 1 atom stereocenters. The number of hydrogen-bond acceptors (Lipinski definition) is 3. The lowest BCUT2D eigenvalue weighted by atomic mass is 10.1. The summed E-state index contributed by atoms with van der Waals surface area (Å²) < 4.78 is 5.60. The standard InChI is InChI=1S/C14H18BrNO3/c1-9-8-11(4-6-12(9)15)5-7-13(17)16-10(2)14(18)19-3/h4,6,8,10H,5,7H2,1-3H3,(H,16,17)/t10-/m0/s1. The molecule has 0 bridgehead atoms. The number of carbonyl (C=O) groups excluding carboxylic acids is 2. The van der Waals surface area contributed by atoms with Crippen LogP contribution in [0, 0.1) is 6.92 Å². The lowest BCUT2D eigenvalue weighted by molar-refractivity contribution is -0.144. The number of halogens is 1. The number of amides is 1. The molecule has 5 heteroatoms. The molecule has 4 nitrogen and oxygen atoms in total. The highest BCUT2D eigenvalue weighted by Gasteiger charge is 2.15. The number of carbonyl (C=O) groups is 2. The van der Waals surface area contributed by atoms with E-state index in [0.717, 1.165) is 15.6 Å². The number of rotatable bonds is 5. The largest absolute Gasteiger partial charge is 0.467 e. The summed E-state index contributed by atoms with van der Waals surface area (Å²) in [6.45, 7) is 3.61. The van der Waals surface area contributed by atoms with Crippen molar-refractivity contribution in [2.45, 2.75) is 32.7 Å². The second-order valence-corrected chi connectivity index (χ2v) is 5.25. The van der Waals surface area contributed by atoms with Gasteiger partial charge in [-0.15, -0.1) is 0 Å². The summed E-state index contributed by atoms with van der Waals surface area (Å²) in [5.74, 6) is -0.591. The van der Waals surface area contributed by atoms with E-state index in [1.165, 1.54) is 7.11 Å². The topological polar surface area (TPSA) is 55.4 Å². The van der Waals surface area contributed by atoms with Crippen molar-refractivity contribution in [1.29, 1.82) is 0 Å². The van der Waals surface area contributed by atoms with Crippen LogP contribution in [-0.4, -0.2) is 25.0 Å². The number of hydrogen-bond donors (Lipinski definition) is 1. The monoisotopic (exact) mass is 327 g/mol. The van der Waals surface area contributed by atoms with Crippen molar-refractivity contribution in [3.63, 3.8) is 0 Å². The van der Waals surface area contributed by atoms with Crippen LogP contribution in [0.5, 0.6) is 0 Å². The van der Waals surface area contributed by atoms with Crippen LogP contribution < -0.4 is 5.32 Å². The first-order valence-corrected chi connectivity index (χ1v) is 6.85. The van der Waals surface area contributed by atoms with E-state index in [1.54, 1.807) is 6.92 Å². The van der Waals surface area contributed by atoms with E-state index >= 15 is 0 Å². The first-order valence-electron chi connectivity index (χ1n) is 6.06. The van der Waals surface area contributed by atoms with E-state index in [-0.39, 0.29) is 5.91 Å². The SMILES string of the molecule is COC(=O)[C@H](C)NC(=O)CCc1ccc(Br)c(C)c1. The Morgan fingerprint density at radius 1 is 1.42 bits per heavy atom. The number of esters is 1. The van der Waals surface area contributed by atoms with Crippen LogP contribution in [0.3, 0.4) is 0 Å². The predicted octanol–water partition coefficient (Wildman–Crippen LogP) is 2.37. The van der Waals surface area contributed by atoms with Gasteiger partial charge in [0.15, 0.2) is 0 Å². The summed E-state index contributed by atoms with van der Waals surface area (Å²) >= 11 is 3.44. The molecule has 0 aliphatic rings. The fourth-order valence-electron chi connectivity index (χ4n) is 1.67. The van der Waals surface area contributed by atoms with Crippen molar-refractivity contribution < 1.29 is 14.3 Å². The molecule has 1 aromatic carbocycles. The van der Waals surface area contributed by atoms with Crippen molar-refractivity contribution >= 4 is 27.8 Å². The number of methoxy groups -OCH3 is 1. The summed E-state index contributed by atoms with van der Waals surface area (Å²) in [5, 5.41) is 2.60. The normalized spacial score (nSPS) is 11.8. The molecule has 19 heavy (non-hydrogen) atoms. The molecule has 0 spiro atoms. The van der Waals surface area contributed by atoms with Crippen LogP contribution in [-0.2, 0) is 20.7 Å². The molecule has 1 aromatic rings. The van der Waals surface area contributed by atoms with E-state index in [0.29, 0.717) is 12.8 Å². The first kappa shape index (κ1) is 15.7. The van der Waals surface area contributed by atoms with Gasteiger partial charge >= 0.3 is 5.97 Å². The maximum absolute atomic E-state index is 11.7. The van der Waals surface area contributed by atoms with Gasteiger partial charge in [-0.3, -0.25) is 4.79 Å². The molecule has 0 aromatic heterocycles. The van der Waals surface area contributed by atoms with E-state index in [9.17, 15) is 9.59 Å². The maximum atomic E-state index is 11.7. The zero-order valence-corrected chi connectivity index (χ0v) is 12.9. The molecule has 0 radical (unpaired) electrons. The summed E-state index contributed by atoms with van der Waals surface area (Å²) in [7, 11) is 1.30. The smallest absolute Gasteiger partial charge is 0.328 e. The third kappa shape index (κ3) is 5.03. The van der Waals surface area contributed by atoms with E-state index < -0.39 is 12.0 Å². The molecule has 104 valence electrons. The van der Waals surface area contributed by atoms with Crippen LogP contribution in [0.15, 0.2) is 22.7 Å². The van der Waals surface area contributed by atoms with Crippen LogP contribution in [0.4, 0.5) is 0 Å². The van der Waals surface area contributed by atoms with Gasteiger partial charge in [0.1, 0.15) is 6.04 Å². The minimum absolute atomic E-state index is 0.154. The fraction of sp³-hybridized carbons (Fsp3) is 0.429. The van der Waals surface area contributed by atoms with Crippen molar-refractivity contribution in [2.75, 3.05) is 7.11 Å². The van der Waals surface area contributed by atoms with Gasteiger partial charge in [0.25, 0.3) is 0 Å². The van der Waals surface area contributed by atoms with Gasteiger partial charge in [0, 0.05) is 10.9 Å². The van der Waals surface area contributed by atoms with Gasteiger partial charge in [-0.05, 0) is 37.5 Å². The lowest BCUT2D eigenvalue weighted by Gasteiger charge is -2.11. The zero-order valence-electron chi connectivity index (χ0n) is 11.3. The van der Waals surface area contributed by atoms with Crippen LogP contribution in [0.2, 0.25) is 0 Å². The molecule has 1 amide bonds. The van der Waals surface area contributed by atoms with Crippen molar-refractivity contribution in [2.24, 2.45) is 0 Å². The summed E-state index contributed by atoms with van der Waals surface area (Å²) in [5.41, 5.74) is 2.24. The van der Waals surface area contributed by atoms with Gasteiger partial charge in [-0.25, -0.2) is 4.79 Å². The first-order chi connectivity index (χ1) is 8.93. The lowest BCUT2D eigenvalue weighted by Crippen LogP contribution is -2.39. The molecule has 0 unspecified atom stereocenters. The second kappa shape index (κ2) is 7.28. The minimum atomic E-state index is -0.607. The molecular formula is C14H18BrNO3. The van der Waals surface area contributed by atoms with Crippen molar-refractivity contribution in [1.82, 2.24) is 5.32 Å². The summed E-state index contributed by atoms with van der Waals surface area (Å²) in [6.07, 6.45) is 0.996. The zero-order chi connectivity index (χ0) is 14.4. The third-order valence-electron chi connectivity index (χ3n) is 2.80. The summed E-state index contributed by atoms with van der Waals surface area (Å²) in [6, 6.07) is 5.39. The van der Waals surface area contributed by atoms with E-state index in [1.807, 2.05) is 25.1 Å². The van der Waals surface area contributed by atoms with Crippen molar-refractivity contribution in [3.05, 3.63) is 33.8 Å². The Balaban J connectivity index is 2.46. The number of nitrogens with one attached hydrogen (secondary N) is 1. The van der Waals surface area contributed by atoms with Crippen molar-refractivity contribution in [3.8, 4) is 0 Å². The van der Waals surface area contributed by atoms with Crippen LogP contribution in [0.1, 0.15) is 24.5 Å². The quantitative estimate of drug-likeness (QED) is 0.845. The van der Waals surface area contributed by atoms with Gasteiger partial charge in [-0.1, -0.05) is 28.1 Å². The van der Waals surface area contributed by atoms with Gasteiger partial charge < -0.3 is 10.1 Å². The van der Waals surface area contributed by atoms with Gasteiger partial charge in [0.05, 0.1) is 7.11 Å². The molecular weight excluding hydrogens is 310 g/mol. The molecule has 0 saturated carbocycles. The number of benzene rings is 1. The highest BCUT2D eigenvalue weighted by Crippen LogP contribution is 2.17. The van der Waals surface area contributed by atoms with Crippen LogP contribution >= 0.6 is 15.9 Å². The Kier molecular flexibility index (Phi) is 6.02. The third-order valence-corrected chi connectivity index (χ3v) is 3.69. The fourth-order valence-corrected chi connectivity index (χ4v) is 1.92. The minimum Gasteiger partial charge on any atom is -0.467 e. The average molecular weight is 328 g/mol. The number of ether oxygens (including phenoxy) is 1. The highest BCUT2D eigenvalue weighted by molar-refractivity contribution is 9.10. The average Bonchev–Trinajstić information content (AvgIpc) is 2.39. The maximum Gasteiger partial charge on any atom is 0.328 e. The van der Waals surface area contributed by atoms with E-state index in [4.69, 9.17) is 0 Å². The van der Waals surface area contributed by atoms with Gasteiger partial charge in [-0.2, -0.15) is 0 Å². The van der Waals surface area contributed by atoms with Crippen LogP contribution in [0.25, 0.3) is 0 Å². The predicted molar refractivity (Wildman–Crippen MR) is 76.8 cm³/mol. The Morgan fingerprint density at radius 3 is 2.68 bits per heavy atom. The van der Waals surface area contributed by atoms with Gasteiger partial charge in [0.2, 0.25) is 5.91 Å². The molecule has 0 aliphatic carbocycles. The Labute approximate surface area is 121 Å². The molecule has 1 N–H and O–H groups in total. The molecule has 0 saturated heterocycles. The molecule has 0 heterocycles. The molecule has 1 rings (SSSR count). The Hall–Kier alpha value is -1.36. The highest BCUT2D eigenvalue weighted by atomic mass is 79.9. The Bertz CT molecular complexity index is 474. The van der Waals surface area contributed by atoms with E-state index in [2.05, 4.69) is 26.0 Å². The Morgan fingerprint density at radius 2 is 2.11 bits per heavy atom. The second-order valence-electron chi connectivity index (χ2n) is 4.40.